The van der Waals surface area contributed by atoms with Crippen LogP contribution in [-0.4, -0.2) is 18.6 Å². The molecule has 0 unspecified atom stereocenters. The fourth-order valence-electron chi connectivity index (χ4n) is 3.92. The summed E-state index contributed by atoms with van der Waals surface area (Å²) in [6.45, 7) is 4.00. The number of amides is 2. The molecule has 0 bridgehead atoms. The highest BCUT2D eigenvalue weighted by molar-refractivity contribution is 6.46. The first kappa shape index (κ1) is 20.2. The van der Waals surface area contributed by atoms with Gasteiger partial charge in [0.05, 0.1) is 11.3 Å². The first-order chi connectivity index (χ1) is 15.4. The third-order valence-electron chi connectivity index (χ3n) is 5.45. The van der Waals surface area contributed by atoms with Crippen LogP contribution in [0.2, 0.25) is 5.02 Å². The number of ether oxygens (including phenoxy) is 2. The van der Waals surface area contributed by atoms with Crippen LogP contribution in [0.4, 0.5) is 11.4 Å². The van der Waals surface area contributed by atoms with Crippen molar-refractivity contribution in [2.75, 3.05) is 17.0 Å². The van der Waals surface area contributed by atoms with E-state index in [4.69, 9.17) is 21.1 Å². The number of anilines is 2. The summed E-state index contributed by atoms with van der Waals surface area (Å²) in [6, 6.07) is 17.8. The lowest BCUT2D eigenvalue weighted by Crippen LogP contribution is -2.33. The molecular weight excluding hydrogens is 428 g/mol. The van der Waals surface area contributed by atoms with Gasteiger partial charge in [0.15, 0.2) is 11.5 Å². The molecule has 1 N–H and O–H groups in total. The van der Waals surface area contributed by atoms with Crippen LogP contribution in [0, 0.1) is 13.8 Å². The molecule has 2 heterocycles. The van der Waals surface area contributed by atoms with E-state index in [-0.39, 0.29) is 18.1 Å². The van der Waals surface area contributed by atoms with E-state index in [0.717, 1.165) is 11.1 Å². The van der Waals surface area contributed by atoms with Crippen LogP contribution in [0.25, 0.3) is 5.57 Å². The van der Waals surface area contributed by atoms with E-state index in [2.05, 4.69) is 5.32 Å². The van der Waals surface area contributed by atoms with Gasteiger partial charge in [-0.05, 0) is 55.3 Å². The molecule has 32 heavy (non-hydrogen) atoms. The number of halogens is 1. The standard InChI is InChI=1S/C25H19ClN2O4/c1-14-3-9-19(15(2)11-14)28-24(29)22(16-4-6-17(26)7-5-16)23(25(28)30)27-18-8-10-20-21(12-18)32-13-31-20/h3-12,27H,13H2,1-2H3. The van der Waals surface area contributed by atoms with Gasteiger partial charge in [-0.2, -0.15) is 0 Å². The van der Waals surface area contributed by atoms with Crippen molar-refractivity contribution in [3.8, 4) is 11.5 Å². The number of carbonyl (C=O) groups is 2. The highest BCUT2D eigenvalue weighted by Crippen LogP contribution is 2.38. The van der Waals surface area contributed by atoms with Crippen molar-refractivity contribution in [2.24, 2.45) is 0 Å². The van der Waals surface area contributed by atoms with Gasteiger partial charge in [0.1, 0.15) is 5.70 Å². The van der Waals surface area contributed by atoms with Crippen molar-refractivity contribution in [3.05, 3.63) is 88.1 Å². The molecule has 3 aromatic carbocycles. The maximum absolute atomic E-state index is 13.6. The van der Waals surface area contributed by atoms with Gasteiger partial charge >= 0.3 is 0 Å². The third kappa shape index (κ3) is 3.39. The van der Waals surface area contributed by atoms with Gasteiger partial charge in [0, 0.05) is 16.8 Å². The van der Waals surface area contributed by atoms with Gasteiger partial charge < -0.3 is 14.8 Å². The molecule has 0 saturated heterocycles. The molecule has 2 amide bonds. The second kappa shape index (κ2) is 7.73. The van der Waals surface area contributed by atoms with Crippen molar-refractivity contribution in [2.45, 2.75) is 13.8 Å². The normalized spacial score (nSPS) is 15.0. The molecule has 6 nitrogen and oxygen atoms in total. The van der Waals surface area contributed by atoms with E-state index < -0.39 is 11.8 Å². The highest BCUT2D eigenvalue weighted by Gasteiger charge is 2.41. The minimum atomic E-state index is -0.426. The quantitative estimate of drug-likeness (QED) is 0.566. The van der Waals surface area contributed by atoms with Crippen molar-refractivity contribution in [1.82, 2.24) is 0 Å². The van der Waals surface area contributed by atoms with E-state index in [1.807, 2.05) is 26.0 Å². The summed E-state index contributed by atoms with van der Waals surface area (Å²) in [7, 11) is 0. The van der Waals surface area contributed by atoms with E-state index in [1.54, 1.807) is 48.5 Å². The Bertz CT molecular complexity index is 1300. The molecule has 0 aliphatic carbocycles. The van der Waals surface area contributed by atoms with Crippen LogP contribution in [0.15, 0.2) is 66.4 Å². The smallest absolute Gasteiger partial charge is 0.282 e. The van der Waals surface area contributed by atoms with Crippen molar-refractivity contribution in [1.29, 1.82) is 0 Å². The molecule has 3 aromatic rings. The average Bonchev–Trinajstić information content (AvgIpc) is 3.32. The van der Waals surface area contributed by atoms with Gasteiger partial charge in [-0.1, -0.05) is 41.4 Å². The Balaban J connectivity index is 1.61. The molecule has 0 spiro atoms. The molecule has 0 radical (unpaired) electrons. The van der Waals surface area contributed by atoms with Gasteiger partial charge in [0.2, 0.25) is 6.79 Å². The zero-order valence-electron chi connectivity index (χ0n) is 17.4. The number of hydrogen-bond donors (Lipinski definition) is 1. The second-order valence-electron chi connectivity index (χ2n) is 7.69. The number of rotatable bonds is 4. The van der Waals surface area contributed by atoms with Crippen LogP contribution >= 0.6 is 11.6 Å². The summed E-state index contributed by atoms with van der Waals surface area (Å²) in [4.78, 5) is 28.3. The Kier molecular flexibility index (Phi) is 4.87. The third-order valence-corrected chi connectivity index (χ3v) is 5.70. The van der Waals surface area contributed by atoms with Crippen molar-refractivity contribution < 1.29 is 19.1 Å². The Hall–Kier alpha value is -3.77. The number of fused-ring (bicyclic) bond motifs is 1. The summed E-state index contributed by atoms with van der Waals surface area (Å²) in [6.07, 6.45) is 0. The number of carbonyl (C=O) groups excluding carboxylic acids is 2. The summed E-state index contributed by atoms with van der Waals surface area (Å²) in [5, 5.41) is 3.69. The van der Waals surface area contributed by atoms with Crippen molar-refractivity contribution >= 4 is 40.4 Å². The summed E-state index contributed by atoms with van der Waals surface area (Å²) >= 11 is 6.04. The number of hydrogen-bond acceptors (Lipinski definition) is 5. The Morgan fingerprint density at radius 3 is 2.38 bits per heavy atom. The zero-order valence-corrected chi connectivity index (χ0v) is 18.2. The molecule has 0 saturated carbocycles. The molecule has 0 aromatic heterocycles. The first-order valence-corrected chi connectivity index (χ1v) is 10.4. The SMILES string of the molecule is Cc1ccc(N2C(=O)C(Nc3ccc4c(c3)OCO4)=C(c3ccc(Cl)cc3)C2=O)c(C)c1. The van der Waals surface area contributed by atoms with Gasteiger partial charge in [-0.15, -0.1) is 0 Å². The lowest BCUT2D eigenvalue weighted by Gasteiger charge is -2.18. The maximum Gasteiger partial charge on any atom is 0.282 e. The Labute approximate surface area is 190 Å². The topological polar surface area (TPSA) is 67.9 Å². The van der Waals surface area contributed by atoms with E-state index >= 15 is 0 Å². The second-order valence-corrected chi connectivity index (χ2v) is 8.12. The van der Waals surface area contributed by atoms with Crippen LogP contribution in [0.1, 0.15) is 16.7 Å². The summed E-state index contributed by atoms with van der Waals surface area (Å²) < 4.78 is 10.8. The lowest BCUT2D eigenvalue weighted by atomic mass is 10.0. The first-order valence-electron chi connectivity index (χ1n) is 10.1. The monoisotopic (exact) mass is 446 g/mol. The zero-order chi connectivity index (χ0) is 22.4. The fourth-order valence-corrected chi connectivity index (χ4v) is 4.05. The molecular formula is C25H19ClN2O4. The van der Waals surface area contributed by atoms with E-state index in [9.17, 15) is 9.59 Å². The van der Waals surface area contributed by atoms with Gasteiger partial charge in [-0.25, -0.2) is 4.90 Å². The number of aryl methyl sites for hydroxylation is 2. The predicted octanol–water partition coefficient (Wildman–Crippen LogP) is 5.08. The lowest BCUT2D eigenvalue weighted by molar-refractivity contribution is -0.120. The van der Waals surface area contributed by atoms with E-state index in [1.165, 1.54) is 4.90 Å². The summed E-state index contributed by atoms with van der Waals surface area (Å²) in [5.41, 5.74) is 4.13. The van der Waals surface area contributed by atoms with Crippen LogP contribution in [-0.2, 0) is 9.59 Å². The summed E-state index contributed by atoms with van der Waals surface area (Å²) in [5.74, 6) is 0.386. The maximum atomic E-state index is 13.6. The molecule has 160 valence electrons. The molecule has 0 atom stereocenters. The molecule has 7 heteroatoms. The number of benzene rings is 3. The largest absolute Gasteiger partial charge is 0.454 e. The van der Waals surface area contributed by atoms with Crippen LogP contribution in [0.3, 0.4) is 0 Å². The van der Waals surface area contributed by atoms with Crippen LogP contribution < -0.4 is 19.7 Å². The number of nitrogens with zero attached hydrogens (tertiary/aromatic N) is 1. The fraction of sp³-hybridized carbons (Fsp3) is 0.120. The minimum absolute atomic E-state index is 0.148. The van der Waals surface area contributed by atoms with Crippen LogP contribution in [0.5, 0.6) is 11.5 Å². The predicted molar refractivity (Wildman–Crippen MR) is 123 cm³/mol. The average molecular weight is 447 g/mol. The molecule has 0 fully saturated rings. The Morgan fingerprint density at radius 2 is 1.62 bits per heavy atom. The molecule has 2 aliphatic rings. The van der Waals surface area contributed by atoms with Gasteiger partial charge in [-0.3, -0.25) is 9.59 Å². The van der Waals surface area contributed by atoms with Crippen molar-refractivity contribution in [3.63, 3.8) is 0 Å². The number of nitrogens with one attached hydrogen (secondary N) is 1. The number of imide groups is 1. The highest BCUT2D eigenvalue weighted by atomic mass is 35.5. The Morgan fingerprint density at radius 1 is 0.875 bits per heavy atom. The van der Waals surface area contributed by atoms with E-state index in [0.29, 0.717) is 33.5 Å². The molecule has 2 aliphatic heterocycles. The minimum Gasteiger partial charge on any atom is -0.454 e. The van der Waals surface area contributed by atoms with Gasteiger partial charge in [0.25, 0.3) is 11.8 Å². The molecule has 5 rings (SSSR count).